The van der Waals surface area contributed by atoms with E-state index in [1.165, 1.54) is 0 Å². The first-order valence-corrected chi connectivity index (χ1v) is 7.42. The second-order valence-corrected chi connectivity index (χ2v) is 5.57. The lowest BCUT2D eigenvalue weighted by molar-refractivity contribution is -0.136. The molecule has 5 heteroatoms. The monoisotopic (exact) mass is 292 g/mol. The van der Waals surface area contributed by atoms with Crippen molar-refractivity contribution < 1.29 is 14.6 Å². The zero-order valence-electron chi connectivity index (χ0n) is 12.7. The predicted octanol–water partition coefficient (Wildman–Crippen LogP) is 1.68. The van der Waals surface area contributed by atoms with Crippen LogP contribution in [-0.2, 0) is 9.53 Å². The van der Waals surface area contributed by atoms with Gasteiger partial charge < -0.3 is 20.1 Å². The fraction of sp³-hybridized carbons (Fsp3) is 0.562. The van der Waals surface area contributed by atoms with Crippen LogP contribution >= 0.6 is 0 Å². The van der Waals surface area contributed by atoms with Crippen LogP contribution in [-0.4, -0.2) is 48.8 Å². The van der Waals surface area contributed by atoms with E-state index in [0.29, 0.717) is 11.8 Å². The Balaban J connectivity index is 1.82. The molecule has 1 amide bonds. The van der Waals surface area contributed by atoms with Gasteiger partial charge in [-0.3, -0.25) is 4.79 Å². The third-order valence-electron chi connectivity index (χ3n) is 3.97. The molecule has 0 radical (unpaired) electrons. The molecule has 5 nitrogen and oxygen atoms in total. The van der Waals surface area contributed by atoms with Gasteiger partial charge >= 0.3 is 0 Å². The van der Waals surface area contributed by atoms with Gasteiger partial charge in [-0.15, -0.1) is 0 Å². The lowest BCUT2D eigenvalue weighted by atomic mass is 10.0. The van der Waals surface area contributed by atoms with E-state index in [0.717, 1.165) is 31.5 Å². The molecule has 0 aromatic heterocycles. The summed E-state index contributed by atoms with van der Waals surface area (Å²) in [6, 6.07) is 7.91. The number of benzene rings is 1. The third kappa shape index (κ3) is 4.44. The fourth-order valence-corrected chi connectivity index (χ4v) is 2.75. The van der Waals surface area contributed by atoms with Gasteiger partial charge in [0, 0.05) is 32.3 Å². The molecule has 1 aromatic carbocycles. The summed E-state index contributed by atoms with van der Waals surface area (Å²) >= 11 is 0. The second-order valence-electron chi connectivity index (χ2n) is 5.57. The van der Waals surface area contributed by atoms with Crippen molar-refractivity contribution in [2.45, 2.75) is 31.8 Å². The van der Waals surface area contributed by atoms with Crippen molar-refractivity contribution in [2.75, 3.05) is 26.8 Å². The van der Waals surface area contributed by atoms with Crippen LogP contribution in [0.15, 0.2) is 24.3 Å². The number of likely N-dealkylation sites (tertiary alicyclic amines) is 1. The van der Waals surface area contributed by atoms with E-state index < -0.39 is 0 Å². The molecule has 1 saturated heterocycles. The van der Waals surface area contributed by atoms with Crippen molar-refractivity contribution in [1.82, 2.24) is 10.2 Å². The number of nitrogens with one attached hydrogen (secondary N) is 1. The summed E-state index contributed by atoms with van der Waals surface area (Å²) in [6.45, 7) is 3.80. The molecular weight excluding hydrogens is 268 g/mol. The summed E-state index contributed by atoms with van der Waals surface area (Å²) in [6.07, 6.45) is 1.89. The van der Waals surface area contributed by atoms with Crippen LogP contribution < -0.4 is 5.32 Å². The minimum atomic E-state index is 0.0666. The summed E-state index contributed by atoms with van der Waals surface area (Å²) < 4.78 is 4.89. The van der Waals surface area contributed by atoms with Gasteiger partial charge in [-0.25, -0.2) is 0 Å². The molecule has 1 heterocycles. The molecular formula is C16H24N2O3. The number of aromatic hydroxyl groups is 1. The number of phenols is 1. The minimum Gasteiger partial charge on any atom is -0.508 e. The number of rotatable bonds is 5. The van der Waals surface area contributed by atoms with Crippen LogP contribution in [0.25, 0.3) is 0 Å². The molecule has 1 aliphatic rings. The maximum absolute atomic E-state index is 11.7. The van der Waals surface area contributed by atoms with E-state index in [9.17, 15) is 9.90 Å². The molecule has 1 unspecified atom stereocenters. The molecule has 1 aliphatic heterocycles. The first-order valence-electron chi connectivity index (χ1n) is 7.42. The highest BCUT2D eigenvalue weighted by molar-refractivity contribution is 5.77. The molecule has 1 atom stereocenters. The average molecular weight is 292 g/mol. The quantitative estimate of drug-likeness (QED) is 0.867. The molecule has 0 spiro atoms. The number of methoxy groups -OCH3 is 1. The standard InChI is InChI=1S/C16H24N2O3/c1-12(13-4-3-5-15(19)10-13)17-14-6-8-18(9-7-14)16(20)11-21-2/h3-5,10,12,14,17,19H,6-9,11H2,1-2H3. The Morgan fingerprint density at radius 2 is 2.19 bits per heavy atom. The Bertz CT molecular complexity index is 470. The van der Waals surface area contributed by atoms with E-state index in [-0.39, 0.29) is 18.6 Å². The van der Waals surface area contributed by atoms with Crippen LogP contribution in [0.1, 0.15) is 31.4 Å². The van der Waals surface area contributed by atoms with Crippen LogP contribution in [0.5, 0.6) is 5.75 Å². The first kappa shape index (κ1) is 15.8. The zero-order chi connectivity index (χ0) is 15.2. The molecule has 0 aliphatic carbocycles. The van der Waals surface area contributed by atoms with Crippen LogP contribution in [0.2, 0.25) is 0 Å². The van der Waals surface area contributed by atoms with Gasteiger partial charge in [-0.1, -0.05) is 12.1 Å². The summed E-state index contributed by atoms with van der Waals surface area (Å²) in [5.74, 6) is 0.359. The molecule has 0 saturated carbocycles. The fourth-order valence-electron chi connectivity index (χ4n) is 2.75. The maximum atomic E-state index is 11.7. The number of nitrogens with zero attached hydrogens (tertiary/aromatic N) is 1. The summed E-state index contributed by atoms with van der Waals surface area (Å²) in [7, 11) is 1.54. The number of phenolic OH excluding ortho intramolecular Hbond substituents is 1. The second kappa shape index (κ2) is 7.43. The van der Waals surface area contributed by atoms with Crippen molar-refractivity contribution in [1.29, 1.82) is 0 Å². The Kier molecular flexibility index (Phi) is 5.59. The van der Waals surface area contributed by atoms with Crippen molar-refractivity contribution in [3.8, 4) is 5.75 Å². The Morgan fingerprint density at radius 1 is 1.48 bits per heavy atom. The number of hydrogen-bond acceptors (Lipinski definition) is 4. The molecule has 1 aromatic rings. The lowest BCUT2D eigenvalue weighted by Gasteiger charge is -2.34. The van der Waals surface area contributed by atoms with Gasteiger partial charge in [-0.2, -0.15) is 0 Å². The average Bonchev–Trinajstić information content (AvgIpc) is 2.48. The van der Waals surface area contributed by atoms with Crippen molar-refractivity contribution in [2.24, 2.45) is 0 Å². The lowest BCUT2D eigenvalue weighted by Crippen LogP contribution is -2.46. The molecule has 1 fully saturated rings. The number of ether oxygens (including phenoxy) is 1. The molecule has 0 bridgehead atoms. The number of carbonyl (C=O) groups excluding carboxylic acids is 1. The summed E-state index contributed by atoms with van der Waals surface area (Å²) in [5, 5.41) is 13.1. The minimum absolute atomic E-state index is 0.0666. The Hall–Kier alpha value is -1.59. The summed E-state index contributed by atoms with van der Waals surface area (Å²) in [5.41, 5.74) is 1.08. The Labute approximate surface area is 125 Å². The summed E-state index contributed by atoms with van der Waals surface area (Å²) in [4.78, 5) is 13.6. The van der Waals surface area contributed by atoms with Gasteiger partial charge in [0.05, 0.1) is 0 Å². The van der Waals surface area contributed by atoms with Gasteiger partial charge in [0.15, 0.2) is 0 Å². The highest BCUT2D eigenvalue weighted by atomic mass is 16.5. The maximum Gasteiger partial charge on any atom is 0.248 e. The SMILES string of the molecule is COCC(=O)N1CCC(NC(C)c2cccc(O)c2)CC1. The Morgan fingerprint density at radius 3 is 2.81 bits per heavy atom. The molecule has 2 rings (SSSR count). The van der Waals surface area contributed by atoms with Crippen molar-refractivity contribution >= 4 is 5.91 Å². The van der Waals surface area contributed by atoms with Crippen molar-refractivity contribution in [3.05, 3.63) is 29.8 Å². The molecule has 21 heavy (non-hydrogen) atoms. The number of piperidine rings is 1. The first-order chi connectivity index (χ1) is 10.1. The third-order valence-corrected chi connectivity index (χ3v) is 3.97. The molecule has 2 N–H and O–H groups in total. The van der Waals surface area contributed by atoms with E-state index in [1.807, 2.05) is 17.0 Å². The number of carbonyl (C=O) groups is 1. The van der Waals surface area contributed by atoms with Crippen LogP contribution in [0.4, 0.5) is 0 Å². The van der Waals surface area contributed by atoms with E-state index in [2.05, 4.69) is 12.2 Å². The van der Waals surface area contributed by atoms with Crippen LogP contribution in [0, 0.1) is 0 Å². The van der Waals surface area contributed by atoms with E-state index in [1.54, 1.807) is 19.2 Å². The van der Waals surface area contributed by atoms with Gasteiger partial charge in [0.1, 0.15) is 12.4 Å². The largest absolute Gasteiger partial charge is 0.508 e. The van der Waals surface area contributed by atoms with E-state index in [4.69, 9.17) is 4.74 Å². The number of amides is 1. The van der Waals surface area contributed by atoms with Gasteiger partial charge in [0.25, 0.3) is 0 Å². The van der Waals surface area contributed by atoms with E-state index >= 15 is 0 Å². The molecule has 116 valence electrons. The van der Waals surface area contributed by atoms with Gasteiger partial charge in [0.2, 0.25) is 5.91 Å². The van der Waals surface area contributed by atoms with Crippen molar-refractivity contribution in [3.63, 3.8) is 0 Å². The smallest absolute Gasteiger partial charge is 0.248 e. The topological polar surface area (TPSA) is 61.8 Å². The highest BCUT2D eigenvalue weighted by Crippen LogP contribution is 2.20. The van der Waals surface area contributed by atoms with Crippen LogP contribution in [0.3, 0.4) is 0 Å². The zero-order valence-corrected chi connectivity index (χ0v) is 12.7. The normalized spacial score (nSPS) is 17.7. The van der Waals surface area contributed by atoms with Gasteiger partial charge in [-0.05, 0) is 37.5 Å². The number of hydrogen-bond donors (Lipinski definition) is 2. The predicted molar refractivity (Wildman–Crippen MR) is 81.1 cm³/mol. The highest BCUT2D eigenvalue weighted by Gasteiger charge is 2.23.